The van der Waals surface area contributed by atoms with Crippen molar-refractivity contribution in [1.82, 2.24) is 0 Å². The van der Waals surface area contributed by atoms with Crippen LogP contribution in [0.4, 0.5) is 5.69 Å². The van der Waals surface area contributed by atoms with E-state index in [9.17, 15) is 8.42 Å². The van der Waals surface area contributed by atoms with Crippen LogP contribution in [0.2, 0.25) is 0 Å². The molecule has 0 aliphatic rings. The van der Waals surface area contributed by atoms with Gasteiger partial charge in [0.1, 0.15) is 10.6 Å². The van der Waals surface area contributed by atoms with Gasteiger partial charge in [-0.2, -0.15) is 8.42 Å². The fraction of sp³-hybridized carbons (Fsp3) is 0.304. The number of hydrogen-bond donors (Lipinski definition) is 0. The first-order valence-corrected chi connectivity index (χ1v) is 10.8. The standard InChI is InChI=1S/C23H27NO3S/c1-6-23(2,3)17-13-15-18(16-14-17)27-28(25,26)22-12-8-9-19-20(22)10-7-11-21(19)24(4)5/h7-16H,6H2,1-5H3. The van der Waals surface area contributed by atoms with Gasteiger partial charge >= 0.3 is 10.1 Å². The first-order chi connectivity index (χ1) is 13.2. The molecule has 0 fully saturated rings. The molecule has 0 atom stereocenters. The Morgan fingerprint density at radius 2 is 1.50 bits per heavy atom. The van der Waals surface area contributed by atoms with Crippen molar-refractivity contribution in [2.75, 3.05) is 19.0 Å². The molecular weight excluding hydrogens is 370 g/mol. The maximum atomic E-state index is 13.0. The van der Waals surface area contributed by atoms with E-state index < -0.39 is 10.1 Å². The number of nitrogens with zero attached hydrogens (tertiary/aromatic N) is 1. The van der Waals surface area contributed by atoms with Crippen molar-refractivity contribution in [2.45, 2.75) is 37.5 Å². The van der Waals surface area contributed by atoms with Gasteiger partial charge in [0.15, 0.2) is 0 Å². The van der Waals surface area contributed by atoms with E-state index in [4.69, 9.17) is 4.18 Å². The van der Waals surface area contributed by atoms with Crippen molar-refractivity contribution in [1.29, 1.82) is 0 Å². The van der Waals surface area contributed by atoms with Crippen molar-refractivity contribution < 1.29 is 12.6 Å². The molecular formula is C23H27NO3S. The summed E-state index contributed by atoms with van der Waals surface area (Å²) in [5.41, 5.74) is 2.15. The molecule has 148 valence electrons. The first-order valence-electron chi connectivity index (χ1n) is 9.40. The van der Waals surface area contributed by atoms with Gasteiger partial charge in [0.05, 0.1) is 0 Å². The minimum Gasteiger partial charge on any atom is -0.379 e. The van der Waals surface area contributed by atoms with E-state index in [-0.39, 0.29) is 10.3 Å². The summed E-state index contributed by atoms with van der Waals surface area (Å²) >= 11 is 0. The van der Waals surface area contributed by atoms with E-state index in [2.05, 4.69) is 20.8 Å². The van der Waals surface area contributed by atoms with Gasteiger partial charge in [-0.25, -0.2) is 0 Å². The highest BCUT2D eigenvalue weighted by Crippen LogP contribution is 2.32. The zero-order valence-corrected chi connectivity index (χ0v) is 17.9. The molecule has 5 heteroatoms. The molecule has 3 rings (SSSR count). The Morgan fingerprint density at radius 3 is 2.11 bits per heavy atom. The highest BCUT2D eigenvalue weighted by atomic mass is 32.2. The second-order valence-corrected chi connectivity index (χ2v) is 9.34. The molecule has 0 N–H and O–H groups in total. The van der Waals surface area contributed by atoms with E-state index in [1.54, 1.807) is 24.3 Å². The van der Waals surface area contributed by atoms with Crippen LogP contribution in [0, 0.1) is 0 Å². The molecule has 0 aromatic heterocycles. The fourth-order valence-electron chi connectivity index (χ4n) is 3.21. The average molecular weight is 398 g/mol. The molecule has 0 radical (unpaired) electrons. The molecule has 0 aliphatic heterocycles. The molecule has 0 amide bonds. The van der Waals surface area contributed by atoms with E-state index in [1.165, 1.54) is 0 Å². The third-order valence-corrected chi connectivity index (χ3v) is 6.64. The van der Waals surface area contributed by atoms with Crippen LogP contribution in [-0.2, 0) is 15.5 Å². The lowest BCUT2D eigenvalue weighted by molar-refractivity contribution is 0.484. The number of hydrogen-bond acceptors (Lipinski definition) is 4. The van der Waals surface area contributed by atoms with Gasteiger partial charge < -0.3 is 9.08 Å². The van der Waals surface area contributed by atoms with Gasteiger partial charge in [0.2, 0.25) is 0 Å². The van der Waals surface area contributed by atoms with Gasteiger partial charge in [-0.1, -0.05) is 57.2 Å². The Hall–Kier alpha value is -2.53. The van der Waals surface area contributed by atoms with Gasteiger partial charge in [-0.05, 0) is 41.7 Å². The lowest BCUT2D eigenvalue weighted by Gasteiger charge is -2.23. The van der Waals surface area contributed by atoms with Crippen LogP contribution in [0.25, 0.3) is 10.8 Å². The smallest absolute Gasteiger partial charge is 0.339 e. The number of rotatable bonds is 6. The zero-order valence-electron chi connectivity index (χ0n) is 17.1. The summed E-state index contributed by atoms with van der Waals surface area (Å²) in [7, 11) is -0.0822. The molecule has 0 bridgehead atoms. The van der Waals surface area contributed by atoms with E-state index in [0.717, 1.165) is 23.1 Å². The predicted octanol–water partition coefficient (Wildman–Crippen LogP) is 5.36. The Morgan fingerprint density at radius 1 is 0.893 bits per heavy atom. The van der Waals surface area contributed by atoms with Crippen molar-refractivity contribution in [2.24, 2.45) is 0 Å². The van der Waals surface area contributed by atoms with Crippen LogP contribution in [0.3, 0.4) is 0 Å². The van der Waals surface area contributed by atoms with E-state index >= 15 is 0 Å². The molecule has 4 nitrogen and oxygen atoms in total. The molecule has 28 heavy (non-hydrogen) atoms. The maximum Gasteiger partial charge on any atom is 0.339 e. The minimum atomic E-state index is -3.95. The largest absolute Gasteiger partial charge is 0.379 e. The first kappa shape index (κ1) is 20.2. The van der Waals surface area contributed by atoms with Crippen LogP contribution in [0.5, 0.6) is 5.75 Å². The van der Waals surface area contributed by atoms with Crippen molar-refractivity contribution >= 4 is 26.6 Å². The van der Waals surface area contributed by atoms with Gasteiger partial charge in [-0.3, -0.25) is 0 Å². The third-order valence-electron chi connectivity index (χ3n) is 5.34. The van der Waals surface area contributed by atoms with Crippen molar-refractivity contribution in [3.8, 4) is 5.75 Å². The summed E-state index contributed by atoms with van der Waals surface area (Å²) in [5.74, 6) is 0.316. The Labute approximate surface area is 167 Å². The van der Waals surface area contributed by atoms with Crippen LogP contribution < -0.4 is 9.08 Å². The fourth-order valence-corrected chi connectivity index (χ4v) is 4.36. The van der Waals surface area contributed by atoms with Gasteiger partial charge in [0.25, 0.3) is 0 Å². The van der Waals surface area contributed by atoms with Crippen LogP contribution in [0.15, 0.2) is 65.6 Å². The predicted molar refractivity (Wildman–Crippen MR) is 116 cm³/mol. The second-order valence-electron chi connectivity index (χ2n) is 7.82. The number of fused-ring (bicyclic) bond motifs is 1. The highest BCUT2D eigenvalue weighted by molar-refractivity contribution is 7.87. The minimum absolute atomic E-state index is 0.0373. The lowest BCUT2D eigenvalue weighted by Crippen LogP contribution is -2.15. The molecule has 3 aromatic rings. The van der Waals surface area contributed by atoms with E-state index in [1.807, 2.05) is 55.4 Å². The van der Waals surface area contributed by atoms with Gasteiger partial charge in [0, 0.05) is 30.6 Å². The zero-order chi connectivity index (χ0) is 20.5. The molecule has 0 aliphatic carbocycles. The summed E-state index contributed by atoms with van der Waals surface area (Å²) < 4.78 is 31.5. The molecule has 3 aromatic carbocycles. The Balaban J connectivity index is 1.99. The van der Waals surface area contributed by atoms with Crippen molar-refractivity contribution in [3.05, 3.63) is 66.2 Å². The molecule has 0 unspecified atom stereocenters. The van der Waals surface area contributed by atoms with Crippen LogP contribution in [0.1, 0.15) is 32.8 Å². The lowest BCUT2D eigenvalue weighted by atomic mass is 9.82. The molecule has 0 heterocycles. The third kappa shape index (κ3) is 3.85. The SMILES string of the molecule is CCC(C)(C)c1ccc(OS(=O)(=O)c2cccc3c(N(C)C)cccc23)cc1. The normalized spacial score (nSPS) is 12.2. The van der Waals surface area contributed by atoms with Crippen molar-refractivity contribution in [3.63, 3.8) is 0 Å². The highest BCUT2D eigenvalue weighted by Gasteiger charge is 2.22. The van der Waals surface area contributed by atoms with Crippen LogP contribution in [-0.4, -0.2) is 22.5 Å². The summed E-state index contributed by atoms with van der Waals surface area (Å²) in [4.78, 5) is 2.14. The average Bonchev–Trinajstić information content (AvgIpc) is 2.67. The number of anilines is 1. The summed E-state index contributed by atoms with van der Waals surface area (Å²) in [6, 6.07) is 18.2. The quantitative estimate of drug-likeness (QED) is 0.525. The summed E-state index contributed by atoms with van der Waals surface area (Å²) in [6.07, 6.45) is 0.996. The monoisotopic (exact) mass is 397 g/mol. The van der Waals surface area contributed by atoms with Crippen LogP contribution >= 0.6 is 0 Å². The van der Waals surface area contributed by atoms with E-state index in [0.29, 0.717) is 11.1 Å². The molecule has 0 saturated heterocycles. The molecule has 0 saturated carbocycles. The molecule has 0 spiro atoms. The maximum absolute atomic E-state index is 13.0. The summed E-state index contributed by atoms with van der Waals surface area (Å²) in [6.45, 7) is 6.47. The Bertz CT molecular complexity index is 1080. The topological polar surface area (TPSA) is 46.6 Å². The number of benzene rings is 3. The second kappa shape index (κ2) is 7.47. The van der Waals surface area contributed by atoms with Gasteiger partial charge in [-0.15, -0.1) is 0 Å². The Kier molecular flexibility index (Phi) is 5.39. The summed E-state index contributed by atoms with van der Waals surface area (Å²) in [5, 5.41) is 1.52.